The summed E-state index contributed by atoms with van der Waals surface area (Å²) >= 11 is 0. The first-order chi connectivity index (χ1) is 14.1. The summed E-state index contributed by atoms with van der Waals surface area (Å²) in [6, 6.07) is 0. The van der Waals surface area contributed by atoms with Gasteiger partial charge in [0.1, 0.15) is 0 Å². The summed E-state index contributed by atoms with van der Waals surface area (Å²) in [6.07, 6.45) is 15.7. The molecule has 0 amide bonds. The molecule has 0 fully saturated rings. The number of carbonyl (C=O) groups is 2. The Labute approximate surface area is 180 Å². The lowest BCUT2D eigenvalue weighted by Crippen LogP contribution is -2.16. The monoisotopic (exact) mass is 412 g/mol. The third-order valence-corrected chi connectivity index (χ3v) is 5.93. The molecule has 0 aromatic rings. The van der Waals surface area contributed by atoms with Crippen molar-refractivity contribution in [3.05, 3.63) is 58.7 Å². The van der Waals surface area contributed by atoms with Crippen LogP contribution in [0.1, 0.15) is 66.2 Å². The Morgan fingerprint density at radius 3 is 1.40 bits per heavy atom. The molecule has 0 bridgehead atoms. The van der Waals surface area contributed by atoms with Crippen LogP contribution in [0.25, 0.3) is 0 Å². The zero-order valence-corrected chi connectivity index (χ0v) is 18.8. The Kier molecular flexibility index (Phi) is 8.34. The average Bonchev–Trinajstić information content (AvgIpc) is 3.23. The van der Waals surface area contributed by atoms with E-state index in [2.05, 4.69) is 0 Å². The number of hydrogen-bond acceptors (Lipinski definition) is 4. The Balaban J connectivity index is 1.80. The highest BCUT2D eigenvalue weighted by atomic mass is 16.3. The molecule has 30 heavy (non-hydrogen) atoms. The molecule has 0 unspecified atom stereocenters. The zero-order valence-electron chi connectivity index (χ0n) is 18.8. The van der Waals surface area contributed by atoms with Crippen molar-refractivity contribution in [1.29, 1.82) is 0 Å². The Morgan fingerprint density at radius 2 is 1.07 bits per heavy atom. The van der Waals surface area contributed by atoms with Crippen molar-refractivity contribution in [1.82, 2.24) is 0 Å². The van der Waals surface area contributed by atoms with Gasteiger partial charge < -0.3 is 10.2 Å². The Bertz CT molecular complexity index is 748. The molecule has 0 atom stereocenters. The van der Waals surface area contributed by atoms with Crippen molar-refractivity contribution >= 4 is 11.6 Å². The fourth-order valence-electron chi connectivity index (χ4n) is 3.56. The number of aliphatic hydroxyl groups excluding tert-OH is 2. The van der Waals surface area contributed by atoms with Crippen LogP contribution < -0.4 is 0 Å². The lowest BCUT2D eigenvalue weighted by Gasteiger charge is -2.21. The molecule has 0 spiro atoms. The Morgan fingerprint density at radius 1 is 0.700 bits per heavy atom. The van der Waals surface area contributed by atoms with E-state index in [4.69, 9.17) is 0 Å². The van der Waals surface area contributed by atoms with Crippen LogP contribution in [0, 0.1) is 10.8 Å². The van der Waals surface area contributed by atoms with Gasteiger partial charge >= 0.3 is 0 Å². The van der Waals surface area contributed by atoms with Crippen LogP contribution in [0.5, 0.6) is 0 Å². The van der Waals surface area contributed by atoms with E-state index in [0.717, 1.165) is 36.8 Å². The molecule has 0 aromatic carbocycles. The van der Waals surface area contributed by atoms with E-state index in [1.165, 1.54) is 0 Å². The number of allylic oxidation sites excluding steroid dienone is 10. The second kappa shape index (κ2) is 10.3. The van der Waals surface area contributed by atoms with E-state index in [-0.39, 0.29) is 35.6 Å². The predicted molar refractivity (Wildman–Crippen MR) is 121 cm³/mol. The maximum atomic E-state index is 12.6. The third kappa shape index (κ3) is 6.75. The molecule has 2 aliphatic rings. The SMILES string of the molecule is CC(C)(CO)CCCC1=CC=C(/C=C/C2=CC=C(CCCC(C)(C)CO)C2=O)C1=O. The standard InChI is InChI=1S/C26H36O4/c1-25(2,17-27)15-5-7-19-9-11-21(23(19)29)13-14-22-12-10-20(24(22)30)8-6-16-26(3,4)18-28/h9-14,27-28H,5-8,15-18H2,1-4H3/b14-13+. The van der Waals surface area contributed by atoms with Gasteiger partial charge in [0.15, 0.2) is 11.6 Å². The molecular formula is C26H36O4. The van der Waals surface area contributed by atoms with Crippen molar-refractivity contribution in [2.24, 2.45) is 10.8 Å². The normalized spacial score (nSPS) is 17.5. The summed E-state index contributed by atoms with van der Waals surface area (Å²) in [7, 11) is 0. The molecular weight excluding hydrogens is 376 g/mol. The van der Waals surface area contributed by atoms with Gasteiger partial charge in [0.25, 0.3) is 0 Å². The molecule has 0 aromatic heterocycles. The maximum Gasteiger partial charge on any atom is 0.189 e. The van der Waals surface area contributed by atoms with E-state index < -0.39 is 0 Å². The van der Waals surface area contributed by atoms with Crippen LogP contribution in [-0.2, 0) is 9.59 Å². The van der Waals surface area contributed by atoms with E-state index in [1.54, 1.807) is 12.2 Å². The summed E-state index contributed by atoms with van der Waals surface area (Å²) in [5.74, 6) is 0.0528. The van der Waals surface area contributed by atoms with Crippen LogP contribution in [0.15, 0.2) is 58.7 Å². The number of hydrogen-bond donors (Lipinski definition) is 2. The molecule has 2 aliphatic carbocycles. The van der Waals surface area contributed by atoms with Crippen molar-refractivity contribution in [2.75, 3.05) is 13.2 Å². The number of aliphatic hydroxyl groups is 2. The lowest BCUT2D eigenvalue weighted by atomic mass is 9.87. The second-order valence-corrected chi connectivity index (χ2v) is 9.97. The van der Waals surface area contributed by atoms with Crippen molar-refractivity contribution in [3.63, 3.8) is 0 Å². The van der Waals surface area contributed by atoms with Gasteiger partial charge in [-0.15, -0.1) is 0 Å². The van der Waals surface area contributed by atoms with Crippen LogP contribution >= 0.6 is 0 Å². The van der Waals surface area contributed by atoms with Crippen molar-refractivity contribution < 1.29 is 19.8 Å². The summed E-state index contributed by atoms with van der Waals surface area (Å²) in [4.78, 5) is 25.1. The first kappa shape index (κ1) is 24.2. The fourth-order valence-corrected chi connectivity index (χ4v) is 3.56. The summed E-state index contributed by atoms with van der Waals surface area (Å²) < 4.78 is 0. The summed E-state index contributed by atoms with van der Waals surface area (Å²) in [6.45, 7) is 8.37. The highest BCUT2D eigenvalue weighted by molar-refractivity contribution is 6.15. The summed E-state index contributed by atoms with van der Waals surface area (Å²) in [5.41, 5.74) is 2.57. The highest BCUT2D eigenvalue weighted by Gasteiger charge is 2.22. The Hall–Kier alpha value is -2.04. The largest absolute Gasteiger partial charge is 0.396 e. The molecule has 0 aliphatic heterocycles. The number of rotatable bonds is 12. The van der Waals surface area contributed by atoms with Gasteiger partial charge in [0.05, 0.1) is 0 Å². The molecule has 4 nitrogen and oxygen atoms in total. The second-order valence-electron chi connectivity index (χ2n) is 9.97. The molecule has 4 heteroatoms. The van der Waals surface area contributed by atoms with Crippen LogP contribution in [0.3, 0.4) is 0 Å². The van der Waals surface area contributed by atoms with Crippen LogP contribution in [0.2, 0.25) is 0 Å². The van der Waals surface area contributed by atoms with E-state index in [9.17, 15) is 19.8 Å². The van der Waals surface area contributed by atoms with Gasteiger partial charge in [0.2, 0.25) is 0 Å². The minimum absolute atomic E-state index is 0.0264. The van der Waals surface area contributed by atoms with Gasteiger partial charge in [-0.3, -0.25) is 9.59 Å². The molecule has 0 saturated carbocycles. The number of carbonyl (C=O) groups excluding carboxylic acids is 2. The number of ketones is 2. The van der Waals surface area contributed by atoms with Crippen LogP contribution in [-0.4, -0.2) is 35.0 Å². The quantitative estimate of drug-likeness (QED) is 0.483. The maximum absolute atomic E-state index is 12.6. The minimum Gasteiger partial charge on any atom is -0.396 e. The third-order valence-electron chi connectivity index (χ3n) is 5.93. The predicted octanol–water partition coefficient (Wildman–Crippen LogP) is 4.79. The lowest BCUT2D eigenvalue weighted by molar-refractivity contribution is -0.112. The summed E-state index contributed by atoms with van der Waals surface area (Å²) in [5, 5.41) is 18.7. The smallest absolute Gasteiger partial charge is 0.189 e. The molecule has 0 heterocycles. The van der Waals surface area contributed by atoms with Gasteiger partial charge in [-0.25, -0.2) is 0 Å². The van der Waals surface area contributed by atoms with Crippen molar-refractivity contribution in [2.45, 2.75) is 66.2 Å². The van der Waals surface area contributed by atoms with Gasteiger partial charge in [-0.05, 0) is 49.4 Å². The minimum atomic E-state index is -0.119. The molecule has 0 radical (unpaired) electrons. The topological polar surface area (TPSA) is 74.6 Å². The van der Waals surface area contributed by atoms with Crippen LogP contribution in [0.4, 0.5) is 0 Å². The van der Waals surface area contributed by atoms with E-state index >= 15 is 0 Å². The molecule has 164 valence electrons. The highest BCUT2D eigenvalue weighted by Crippen LogP contribution is 2.29. The van der Waals surface area contributed by atoms with E-state index in [0.29, 0.717) is 24.0 Å². The first-order valence-corrected chi connectivity index (χ1v) is 10.9. The van der Waals surface area contributed by atoms with Gasteiger partial charge in [0, 0.05) is 35.5 Å². The fraction of sp³-hybridized carbons (Fsp3) is 0.538. The van der Waals surface area contributed by atoms with Gasteiger partial charge in [-0.2, -0.15) is 0 Å². The molecule has 2 N–H and O–H groups in total. The average molecular weight is 413 g/mol. The zero-order chi connectivity index (χ0) is 22.4. The van der Waals surface area contributed by atoms with E-state index in [1.807, 2.05) is 52.0 Å². The van der Waals surface area contributed by atoms with Crippen molar-refractivity contribution in [3.8, 4) is 0 Å². The first-order valence-electron chi connectivity index (χ1n) is 10.9. The molecule has 0 saturated heterocycles. The van der Waals surface area contributed by atoms with Gasteiger partial charge in [-0.1, -0.05) is 64.2 Å². The molecule has 2 rings (SSSR count). The number of Topliss-reactive ketones (excluding diaryl/α,β-unsaturated/α-hetero) is 2.